The van der Waals surface area contributed by atoms with E-state index in [2.05, 4.69) is 5.16 Å². The van der Waals surface area contributed by atoms with Gasteiger partial charge in [-0.25, -0.2) is 0 Å². The molecule has 1 heterocycles. The molecule has 0 saturated heterocycles. The molecule has 0 aromatic heterocycles. The molecule has 1 atom stereocenters. The van der Waals surface area contributed by atoms with E-state index in [4.69, 9.17) is 4.84 Å². The second-order valence-electron chi connectivity index (χ2n) is 3.21. The zero-order valence-electron chi connectivity index (χ0n) is 6.12. The van der Waals surface area contributed by atoms with Crippen LogP contribution in [-0.4, -0.2) is 12.3 Å². The third kappa shape index (κ3) is 1.02. The van der Waals surface area contributed by atoms with Crippen molar-refractivity contribution in [2.24, 2.45) is 11.1 Å². The molecule has 1 saturated carbocycles. The van der Waals surface area contributed by atoms with Crippen molar-refractivity contribution < 1.29 is 4.84 Å². The molecule has 1 aliphatic carbocycles. The molecule has 2 aliphatic rings. The summed E-state index contributed by atoms with van der Waals surface area (Å²) in [7, 11) is 0. The van der Waals surface area contributed by atoms with Crippen molar-refractivity contribution >= 4 is 6.21 Å². The molecule has 0 spiro atoms. The minimum absolute atomic E-state index is 0.433. The molecule has 1 aliphatic heterocycles. The van der Waals surface area contributed by atoms with Crippen LogP contribution in [0.2, 0.25) is 0 Å². The highest BCUT2D eigenvalue weighted by Gasteiger charge is 2.27. The smallest absolute Gasteiger partial charge is 0.135 e. The average Bonchev–Trinajstić information content (AvgIpc) is 2.59. The van der Waals surface area contributed by atoms with Crippen molar-refractivity contribution in [1.82, 2.24) is 0 Å². The zero-order chi connectivity index (χ0) is 6.81. The second kappa shape index (κ2) is 2.60. The fourth-order valence-electron chi connectivity index (χ4n) is 1.92. The van der Waals surface area contributed by atoms with Crippen molar-refractivity contribution in [2.45, 2.75) is 38.2 Å². The van der Waals surface area contributed by atoms with Gasteiger partial charge in [-0.3, -0.25) is 0 Å². The first-order valence-electron chi connectivity index (χ1n) is 4.14. The molecule has 56 valence electrons. The molecular formula is C8H13NO. The standard InChI is InChI=1S/C8H13NO/c1-2-4-7(3-1)8-5-6-9-10-8/h6-8H,1-5H2. The summed E-state index contributed by atoms with van der Waals surface area (Å²) in [6.45, 7) is 0. The van der Waals surface area contributed by atoms with Gasteiger partial charge in [0.1, 0.15) is 6.10 Å². The summed E-state index contributed by atoms with van der Waals surface area (Å²) in [5, 5.41) is 3.78. The third-order valence-electron chi connectivity index (χ3n) is 2.53. The quantitative estimate of drug-likeness (QED) is 0.544. The Bertz CT molecular complexity index is 130. The van der Waals surface area contributed by atoms with Crippen molar-refractivity contribution in [3.63, 3.8) is 0 Å². The lowest BCUT2D eigenvalue weighted by Gasteiger charge is -2.14. The van der Waals surface area contributed by atoms with Crippen LogP contribution in [-0.2, 0) is 4.84 Å². The maximum absolute atomic E-state index is 5.21. The Morgan fingerprint density at radius 3 is 2.70 bits per heavy atom. The predicted molar refractivity (Wildman–Crippen MR) is 39.9 cm³/mol. The van der Waals surface area contributed by atoms with E-state index >= 15 is 0 Å². The van der Waals surface area contributed by atoms with Crippen molar-refractivity contribution in [3.05, 3.63) is 0 Å². The van der Waals surface area contributed by atoms with Crippen LogP contribution in [0.25, 0.3) is 0 Å². The molecule has 10 heavy (non-hydrogen) atoms. The van der Waals surface area contributed by atoms with Crippen LogP contribution >= 0.6 is 0 Å². The summed E-state index contributed by atoms with van der Waals surface area (Å²) in [5.41, 5.74) is 0. The predicted octanol–water partition coefficient (Wildman–Crippen LogP) is 1.95. The van der Waals surface area contributed by atoms with E-state index in [-0.39, 0.29) is 0 Å². The molecular weight excluding hydrogens is 126 g/mol. The maximum atomic E-state index is 5.21. The van der Waals surface area contributed by atoms with E-state index in [1.807, 2.05) is 6.21 Å². The Morgan fingerprint density at radius 2 is 2.10 bits per heavy atom. The average molecular weight is 139 g/mol. The lowest BCUT2D eigenvalue weighted by Crippen LogP contribution is -2.16. The summed E-state index contributed by atoms with van der Waals surface area (Å²) >= 11 is 0. The van der Waals surface area contributed by atoms with Gasteiger partial charge in [0.15, 0.2) is 0 Å². The Kier molecular flexibility index (Phi) is 1.61. The van der Waals surface area contributed by atoms with Gasteiger partial charge in [-0.15, -0.1) is 0 Å². The van der Waals surface area contributed by atoms with E-state index in [0.717, 1.165) is 12.3 Å². The van der Waals surface area contributed by atoms with Crippen LogP contribution < -0.4 is 0 Å². The van der Waals surface area contributed by atoms with Gasteiger partial charge < -0.3 is 4.84 Å². The highest BCUT2D eigenvalue weighted by molar-refractivity contribution is 5.58. The molecule has 0 aromatic carbocycles. The van der Waals surface area contributed by atoms with Gasteiger partial charge in [0.05, 0.1) is 0 Å². The topological polar surface area (TPSA) is 21.6 Å². The molecule has 2 nitrogen and oxygen atoms in total. The van der Waals surface area contributed by atoms with Gasteiger partial charge in [-0.2, -0.15) is 0 Å². The van der Waals surface area contributed by atoms with Crippen LogP contribution in [0.3, 0.4) is 0 Å². The lowest BCUT2D eigenvalue weighted by atomic mass is 9.99. The zero-order valence-corrected chi connectivity index (χ0v) is 6.12. The van der Waals surface area contributed by atoms with Gasteiger partial charge in [0.25, 0.3) is 0 Å². The first-order valence-corrected chi connectivity index (χ1v) is 4.14. The fourth-order valence-corrected chi connectivity index (χ4v) is 1.92. The minimum atomic E-state index is 0.433. The maximum Gasteiger partial charge on any atom is 0.135 e. The van der Waals surface area contributed by atoms with Gasteiger partial charge in [0.2, 0.25) is 0 Å². The number of nitrogens with zero attached hydrogens (tertiary/aromatic N) is 1. The number of hydrogen-bond acceptors (Lipinski definition) is 2. The normalized spacial score (nSPS) is 33.0. The fraction of sp³-hybridized carbons (Fsp3) is 0.875. The molecule has 0 amide bonds. The first kappa shape index (κ1) is 6.20. The van der Waals surface area contributed by atoms with E-state index in [9.17, 15) is 0 Å². The largest absolute Gasteiger partial charge is 0.392 e. The molecule has 0 aromatic rings. The SMILES string of the molecule is C1=NOC(C2CCCC2)C1. The van der Waals surface area contributed by atoms with Crippen molar-refractivity contribution in [3.8, 4) is 0 Å². The summed E-state index contributed by atoms with van der Waals surface area (Å²) in [4.78, 5) is 5.21. The van der Waals surface area contributed by atoms with Gasteiger partial charge >= 0.3 is 0 Å². The Balaban J connectivity index is 1.87. The van der Waals surface area contributed by atoms with Crippen molar-refractivity contribution in [1.29, 1.82) is 0 Å². The number of oxime groups is 1. The Labute approximate surface area is 61.2 Å². The lowest BCUT2D eigenvalue weighted by molar-refractivity contribution is 0.0425. The van der Waals surface area contributed by atoms with Gasteiger partial charge in [-0.1, -0.05) is 18.0 Å². The molecule has 2 rings (SSSR count). The minimum Gasteiger partial charge on any atom is -0.392 e. The summed E-state index contributed by atoms with van der Waals surface area (Å²) in [6, 6.07) is 0. The second-order valence-corrected chi connectivity index (χ2v) is 3.21. The van der Waals surface area contributed by atoms with Crippen LogP contribution in [0.1, 0.15) is 32.1 Å². The van der Waals surface area contributed by atoms with Crippen LogP contribution in [0.4, 0.5) is 0 Å². The monoisotopic (exact) mass is 139 g/mol. The molecule has 2 heteroatoms. The summed E-state index contributed by atoms with van der Waals surface area (Å²) < 4.78 is 0. The van der Waals surface area contributed by atoms with Gasteiger partial charge in [-0.05, 0) is 18.8 Å². The molecule has 1 fully saturated rings. The van der Waals surface area contributed by atoms with Crippen molar-refractivity contribution in [2.75, 3.05) is 0 Å². The highest BCUT2D eigenvalue weighted by Crippen LogP contribution is 2.31. The third-order valence-corrected chi connectivity index (χ3v) is 2.53. The van der Waals surface area contributed by atoms with Crippen LogP contribution in [0.5, 0.6) is 0 Å². The molecule has 1 unspecified atom stereocenters. The Hall–Kier alpha value is -0.530. The van der Waals surface area contributed by atoms with Gasteiger partial charge in [0, 0.05) is 12.6 Å². The molecule has 0 radical (unpaired) electrons. The highest BCUT2D eigenvalue weighted by atomic mass is 16.6. The Morgan fingerprint density at radius 1 is 1.30 bits per heavy atom. The summed E-state index contributed by atoms with van der Waals surface area (Å²) in [6.07, 6.45) is 8.87. The molecule has 0 bridgehead atoms. The van der Waals surface area contributed by atoms with Crippen LogP contribution in [0.15, 0.2) is 5.16 Å². The van der Waals surface area contributed by atoms with E-state index in [1.54, 1.807) is 0 Å². The number of rotatable bonds is 1. The van der Waals surface area contributed by atoms with E-state index in [1.165, 1.54) is 25.7 Å². The first-order chi connectivity index (χ1) is 4.97. The van der Waals surface area contributed by atoms with Crippen LogP contribution in [0, 0.1) is 5.92 Å². The van der Waals surface area contributed by atoms with E-state index in [0.29, 0.717) is 6.10 Å². The number of hydrogen-bond donors (Lipinski definition) is 0. The van der Waals surface area contributed by atoms with E-state index < -0.39 is 0 Å². The summed E-state index contributed by atoms with van der Waals surface area (Å²) in [5.74, 6) is 0.808. The molecule has 0 N–H and O–H groups in total.